The van der Waals surface area contributed by atoms with Crippen molar-refractivity contribution in [2.45, 2.75) is 40.5 Å². The average molecular weight is 218 g/mol. The molecule has 0 aromatic heterocycles. The first-order chi connectivity index (χ1) is 7.47. The van der Waals surface area contributed by atoms with Gasteiger partial charge in [-0.2, -0.15) is 0 Å². The first kappa shape index (κ1) is 13.0. The highest BCUT2D eigenvalue weighted by atomic mass is 16.1. The van der Waals surface area contributed by atoms with Crippen molar-refractivity contribution in [2.75, 3.05) is 0 Å². The zero-order valence-electron chi connectivity index (χ0n) is 10.8. The third-order valence-corrected chi connectivity index (χ3v) is 3.47. The van der Waals surface area contributed by atoms with Gasteiger partial charge >= 0.3 is 0 Å². The van der Waals surface area contributed by atoms with Crippen LogP contribution in [0.5, 0.6) is 0 Å². The lowest BCUT2D eigenvalue weighted by molar-refractivity contribution is -0.104. The summed E-state index contributed by atoms with van der Waals surface area (Å²) >= 11 is 0. The summed E-state index contributed by atoms with van der Waals surface area (Å²) in [6, 6.07) is 0. The molecule has 1 atom stereocenters. The van der Waals surface area contributed by atoms with Crippen molar-refractivity contribution in [3.63, 3.8) is 0 Å². The molecular formula is C15H22O. The van der Waals surface area contributed by atoms with Gasteiger partial charge in [0.1, 0.15) is 6.29 Å². The molecule has 1 nitrogen and oxygen atoms in total. The van der Waals surface area contributed by atoms with Crippen LogP contribution in [0.2, 0.25) is 0 Å². The quantitative estimate of drug-likeness (QED) is 0.302. The van der Waals surface area contributed by atoms with Gasteiger partial charge in [-0.25, -0.2) is 0 Å². The smallest absolute Gasteiger partial charge is 0.143 e. The van der Waals surface area contributed by atoms with Crippen LogP contribution < -0.4 is 0 Å². The highest BCUT2D eigenvalue weighted by molar-refractivity contribution is 5.66. The number of hydrogen-bond donors (Lipinski definition) is 0. The van der Waals surface area contributed by atoms with Gasteiger partial charge in [-0.05, 0) is 43.8 Å². The van der Waals surface area contributed by atoms with E-state index in [1.807, 2.05) is 6.92 Å². The maximum Gasteiger partial charge on any atom is 0.143 e. The minimum atomic E-state index is 0.330. The number of carbonyl (C=O) groups excluding carboxylic acids is 1. The van der Waals surface area contributed by atoms with Crippen molar-refractivity contribution in [3.05, 3.63) is 35.5 Å². The molecule has 1 rings (SSSR count). The van der Waals surface area contributed by atoms with E-state index in [1.54, 1.807) is 6.08 Å². The van der Waals surface area contributed by atoms with E-state index in [4.69, 9.17) is 0 Å². The largest absolute Gasteiger partial charge is 0.299 e. The number of aldehydes is 1. The molecule has 0 heterocycles. The molecule has 0 bridgehead atoms. The zero-order chi connectivity index (χ0) is 12.2. The molecule has 1 aliphatic rings. The first-order valence-corrected chi connectivity index (χ1v) is 5.94. The van der Waals surface area contributed by atoms with E-state index in [1.165, 1.54) is 18.4 Å². The maximum absolute atomic E-state index is 10.3. The Bertz CT molecular complexity index is 342. The summed E-state index contributed by atoms with van der Waals surface area (Å²) in [6.45, 7) is 8.79. The van der Waals surface area contributed by atoms with E-state index in [0.29, 0.717) is 11.3 Å². The second-order valence-electron chi connectivity index (χ2n) is 5.36. The fraction of sp³-hybridized carbons (Fsp3) is 0.533. The minimum Gasteiger partial charge on any atom is -0.299 e. The fourth-order valence-electron chi connectivity index (χ4n) is 2.39. The van der Waals surface area contributed by atoms with Crippen LogP contribution in [-0.4, -0.2) is 6.29 Å². The summed E-state index contributed by atoms with van der Waals surface area (Å²) in [6.07, 6.45) is 11.5. The monoisotopic (exact) mass is 218 g/mol. The van der Waals surface area contributed by atoms with Crippen molar-refractivity contribution >= 4 is 6.29 Å². The Morgan fingerprint density at radius 2 is 2.19 bits per heavy atom. The Labute approximate surface area is 98.9 Å². The highest BCUT2D eigenvalue weighted by Gasteiger charge is 2.30. The van der Waals surface area contributed by atoms with Crippen molar-refractivity contribution < 1.29 is 4.79 Å². The van der Waals surface area contributed by atoms with E-state index in [0.717, 1.165) is 11.9 Å². The predicted molar refractivity (Wildman–Crippen MR) is 69.2 cm³/mol. The summed E-state index contributed by atoms with van der Waals surface area (Å²) in [7, 11) is 0. The summed E-state index contributed by atoms with van der Waals surface area (Å²) in [5.74, 6) is 0.497. The van der Waals surface area contributed by atoms with Crippen LogP contribution in [-0.2, 0) is 4.79 Å². The van der Waals surface area contributed by atoms with Gasteiger partial charge in [0.2, 0.25) is 0 Å². The molecule has 0 spiro atoms. The Morgan fingerprint density at radius 3 is 2.75 bits per heavy atom. The van der Waals surface area contributed by atoms with Crippen LogP contribution in [0.25, 0.3) is 0 Å². The first-order valence-electron chi connectivity index (χ1n) is 5.94. The summed E-state index contributed by atoms with van der Waals surface area (Å²) in [4.78, 5) is 10.3. The average Bonchev–Trinajstić information content (AvgIpc) is 2.16. The molecule has 1 aliphatic carbocycles. The molecule has 0 radical (unpaired) electrons. The van der Waals surface area contributed by atoms with Crippen LogP contribution >= 0.6 is 0 Å². The molecule has 0 aliphatic heterocycles. The molecular weight excluding hydrogens is 196 g/mol. The van der Waals surface area contributed by atoms with Gasteiger partial charge in [0.15, 0.2) is 0 Å². The van der Waals surface area contributed by atoms with Crippen LogP contribution in [0.1, 0.15) is 40.5 Å². The van der Waals surface area contributed by atoms with Crippen LogP contribution in [0, 0.1) is 11.3 Å². The molecule has 0 aromatic rings. The van der Waals surface area contributed by atoms with Gasteiger partial charge in [-0.1, -0.05) is 37.6 Å². The summed E-state index contributed by atoms with van der Waals surface area (Å²) < 4.78 is 0. The highest BCUT2D eigenvalue weighted by Crippen LogP contribution is 2.41. The summed E-state index contributed by atoms with van der Waals surface area (Å²) in [5.41, 5.74) is 2.80. The molecule has 1 heteroatoms. The van der Waals surface area contributed by atoms with E-state index >= 15 is 0 Å². The van der Waals surface area contributed by atoms with Crippen LogP contribution in [0.4, 0.5) is 0 Å². The second kappa shape index (κ2) is 5.29. The molecule has 0 amide bonds. The van der Waals surface area contributed by atoms with E-state index < -0.39 is 0 Å². The normalized spacial score (nSPS) is 25.6. The SMILES string of the molecule is CC1=CCCC(C)(C)[C@H]1/C=C/C(C)=C\C=O. The lowest BCUT2D eigenvalue weighted by atomic mass is 9.68. The number of allylic oxidation sites excluding steroid dienone is 6. The molecule has 0 fully saturated rings. The van der Waals surface area contributed by atoms with Crippen LogP contribution in [0.3, 0.4) is 0 Å². The Balaban J connectivity index is 2.85. The lowest BCUT2D eigenvalue weighted by Crippen LogP contribution is -2.26. The van der Waals surface area contributed by atoms with E-state index in [9.17, 15) is 4.79 Å². The molecule has 0 saturated carbocycles. The molecule has 0 unspecified atom stereocenters. The van der Waals surface area contributed by atoms with Crippen molar-refractivity contribution in [1.29, 1.82) is 0 Å². The zero-order valence-corrected chi connectivity index (χ0v) is 10.8. The van der Waals surface area contributed by atoms with E-state index in [-0.39, 0.29) is 0 Å². The number of rotatable bonds is 3. The molecule has 0 saturated heterocycles. The van der Waals surface area contributed by atoms with Gasteiger partial charge in [-0.15, -0.1) is 0 Å². The Kier molecular flexibility index (Phi) is 4.28. The molecule has 0 N–H and O–H groups in total. The molecule has 88 valence electrons. The Morgan fingerprint density at radius 1 is 1.50 bits per heavy atom. The molecule has 16 heavy (non-hydrogen) atoms. The van der Waals surface area contributed by atoms with Crippen molar-refractivity contribution in [1.82, 2.24) is 0 Å². The third-order valence-electron chi connectivity index (χ3n) is 3.47. The Hall–Kier alpha value is -1.11. The predicted octanol–water partition coefficient (Wildman–Crippen LogP) is 4.07. The van der Waals surface area contributed by atoms with E-state index in [2.05, 4.69) is 39.0 Å². The number of hydrogen-bond acceptors (Lipinski definition) is 1. The van der Waals surface area contributed by atoms with Crippen LogP contribution in [0.15, 0.2) is 35.5 Å². The standard InChI is InChI=1S/C15H22O/c1-12(9-11-16)7-8-14-13(2)6-5-10-15(14,3)4/h6-9,11,14H,5,10H2,1-4H3/b8-7+,12-9-/t14-/m0/s1. The summed E-state index contributed by atoms with van der Waals surface area (Å²) in [5, 5.41) is 0. The van der Waals surface area contributed by atoms with Gasteiger partial charge in [0.25, 0.3) is 0 Å². The van der Waals surface area contributed by atoms with Crippen molar-refractivity contribution in [3.8, 4) is 0 Å². The lowest BCUT2D eigenvalue weighted by Gasteiger charge is -2.36. The third kappa shape index (κ3) is 3.19. The second-order valence-corrected chi connectivity index (χ2v) is 5.36. The molecule has 0 aromatic carbocycles. The van der Waals surface area contributed by atoms with Gasteiger partial charge in [0, 0.05) is 5.92 Å². The van der Waals surface area contributed by atoms with Crippen molar-refractivity contribution in [2.24, 2.45) is 11.3 Å². The maximum atomic E-state index is 10.3. The minimum absolute atomic E-state index is 0.330. The van der Waals surface area contributed by atoms with Gasteiger partial charge in [-0.3, -0.25) is 4.79 Å². The topological polar surface area (TPSA) is 17.1 Å². The van der Waals surface area contributed by atoms with Gasteiger partial charge in [0.05, 0.1) is 0 Å². The van der Waals surface area contributed by atoms with Gasteiger partial charge < -0.3 is 0 Å². The number of carbonyl (C=O) groups is 1. The fourth-order valence-corrected chi connectivity index (χ4v) is 2.39.